The molecule has 0 saturated carbocycles. The van der Waals surface area contributed by atoms with Gasteiger partial charge < -0.3 is 4.90 Å². The van der Waals surface area contributed by atoms with E-state index in [1.165, 1.54) is 48.3 Å². The normalized spacial score (nSPS) is 18.0. The van der Waals surface area contributed by atoms with Crippen molar-refractivity contribution in [1.29, 1.82) is 0 Å². The van der Waals surface area contributed by atoms with Crippen molar-refractivity contribution in [3.63, 3.8) is 0 Å². The Hall–Kier alpha value is -2.43. The van der Waals surface area contributed by atoms with Gasteiger partial charge >= 0.3 is 0 Å². The molecule has 0 amide bonds. The molecule has 0 spiro atoms. The maximum absolute atomic E-state index is 4.70. The highest BCUT2D eigenvalue weighted by atomic mass is 15.4. The lowest BCUT2D eigenvalue weighted by Crippen LogP contribution is -2.36. The molecule has 128 valence electrons. The lowest BCUT2D eigenvalue weighted by molar-refractivity contribution is 0.400. The molecule has 0 N–H and O–H groups in total. The summed E-state index contributed by atoms with van der Waals surface area (Å²) in [7, 11) is 0. The number of rotatable bonds is 3. The molecule has 25 heavy (non-hydrogen) atoms. The van der Waals surface area contributed by atoms with Crippen LogP contribution in [-0.4, -0.2) is 32.7 Å². The zero-order valence-electron chi connectivity index (χ0n) is 14.4. The van der Waals surface area contributed by atoms with Crippen LogP contribution in [0.15, 0.2) is 36.7 Å². The average Bonchev–Trinajstić information content (AvgIpc) is 3.30. The molecule has 1 saturated heterocycles. The number of hydrogen-bond acceptors (Lipinski definition) is 4. The standard InChI is InChI=1S/C20H23N5/c1-2-5-15(6-3-1)13-16-9-11-24(12-10-16)19-17-7-4-8-18(17)23-20-21-14-22-25(19)20/h1-3,5-6,14,16H,4,7-13H2. The monoisotopic (exact) mass is 333 g/mol. The average molecular weight is 333 g/mol. The molecule has 0 atom stereocenters. The van der Waals surface area contributed by atoms with Gasteiger partial charge in [0.2, 0.25) is 0 Å². The Morgan fingerprint density at radius 3 is 2.72 bits per heavy atom. The Balaban J connectivity index is 1.38. The van der Waals surface area contributed by atoms with E-state index in [1.54, 1.807) is 6.33 Å². The Morgan fingerprint density at radius 1 is 1.04 bits per heavy atom. The number of aryl methyl sites for hydroxylation is 1. The first kappa shape index (κ1) is 14.9. The summed E-state index contributed by atoms with van der Waals surface area (Å²) < 4.78 is 1.96. The summed E-state index contributed by atoms with van der Waals surface area (Å²) in [6.45, 7) is 2.20. The van der Waals surface area contributed by atoms with Crippen molar-refractivity contribution in [2.24, 2.45) is 5.92 Å². The third-order valence-electron chi connectivity index (χ3n) is 5.71. The highest BCUT2D eigenvalue weighted by Crippen LogP contribution is 2.33. The number of hydrogen-bond donors (Lipinski definition) is 0. The summed E-state index contributed by atoms with van der Waals surface area (Å²) in [6, 6.07) is 10.9. The molecule has 2 aliphatic rings. The molecule has 5 rings (SSSR count). The van der Waals surface area contributed by atoms with E-state index in [2.05, 4.69) is 45.3 Å². The van der Waals surface area contributed by atoms with Gasteiger partial charge in [0.1, 0.15) is 12.1 Å². The van der Waals surface area contributed by atoms with Crippen molar-refractivity contribution >= 4 is 11.6 Å². The molecular weight excluding hydrogens is 310 g/mol. The van der Waals surface area contributed by atoms with E-state index in [1.807, 2.05) is 4.52 Å². The molecule has 1 fully saturated rings. The predicted molar refractivity (Wildman–Crippen MR) is 97.9 cm³/mol. The number of nitrogens with zero attached hydrogens (tertiary/aromatic N) is 5. The van der Waals surface area contributed by atoms with E-state index in [4.69, 9.17) is 4.98 Å². The van der Waals surface area contributed by atoms with E-state index in [0.29, 0.717) is 0 Å². The predicted octanol–water partition coefficient (Wildman–Crippen LogP) is 3.07. The van der Waals surface area contributed by atoms with Gasteiger partial charge in [0.15, 0.2) is 0 Å². The maximum Gasteiger partial charge on any atom is 0.254 e. The highest BCUT2D eigenvalue weighted by molar-refractivity contribution is 5.56. The van der Waals surface area contributed by atoms with Crippen molar-refractivity contribution in [1.82, 2.24) is 19.6 Å². The van der Waals surface area contributed by atoms with Crippen LogP contribution in [0.1, 0.15) is 36.1 Å². The van der Waals surface area contributed by atoms with Gasteiger partial charge in [-0.2, -0.15) is 14.6 Å². The lowest BCUT2D eigenvalue weighted by Gasteiger charge is -2.34. The number of benzene rings is 1. The second-order valence-electron chi connectivity index (χ2n) is 7.31. The minimum absolute atomic E-state index is 0.752. The van der Waals surface area contributed by atoms with Crippen molar-refractivity contribution < 1.29 is 0 Å². The van der Waals surface area contributed by atoms with Crippen LogP contribution in [0.4, 0.5) is 5.82 Å². The minimum Gasteiger partial charge on any atom is -0.356 e. The van der Waals surface area contributed by atoms with Crippen LogP contribution < -0.4 is 4.90 Å². The zero-order valence-corrected chi connectivity index (χ0v) is 14.4. The van der Waals surface area contributed by atoms with Gasteiger partial charge in [0.05, 0.1) is 5.69 Å². The fraction of sp³-hybridized carbons (Fsp3) is 0.450. The van der Waals surface area contributed by atoms with E-state index < -0.39 is 0 Å². The summed E-state index contributed by atoms with van der Waals surface area (Å²) in [4.78, 5) is 11.6. The number of anilines is 1. The van der Waals surface area contributed by atoms with Crippen LogP contribution in [0.25, 0.3) is 5.78 Å². The molecule has 2 aromatic heterocycles. The quantitative estimate of drug-likeness (QED) is 0.739. The van der Waals surface area contributed by atoms with E-state index in [0.717, 1.165) is 37.6 Å². The van der Waals surface area contributed by atoms with Crippen LogP contribution in [0.5, 0.6) is 0 Å². The van der Waals surface area contributed by atoms with Crippen LogP contribution in [0.2, 0.25) is 0 Å². The minimum atomic E-state index is 0.752. The first-order valence-electron chi connectivity index (χ1n) is 9.39. The second kappa shape index (κ2) is 6.14. The van der Waals surface area contributed by atoms with Gasteiger partial charge in [-0.25, -0.2) is 4.98 Å². The van der Waals surface area contributed by atoms with Crippen molar-refractivity contribution in [3.05, 3.63) is 53.5 Å². The molecule has 0 radical (unpaired) electrons. The van der Waals surface area contributed by atoms with Crippen LogP contribution >= 0.6 is 0 Å². The van der Waals surface area contributed by atoms with Gasteiger partial charge in [0.25, 0.3) is 5.78 Å². The molecule has 1 aromatic carbocycles. The Morgan fingerprint density at radius 2 is 1.88 bits per heavy atom. The molecule has 3 heterocycles. The SMILES string of the molecule is c1ccc(CC2CCN(c3c4c(nc5ncnn35)CCC4)CC2)cc1. The third-order valence-corrected chi connectivity index (χ3v) is 5.71. The highest BCUT2D eigenvalue weighted by Gasteiger charge is 2.27. The molecule has 1 aliphatic heterocycles. The number of piperidine rings is 1. The summed E-state index contributed by atoms with van der Waals surface area (Å²) >= 11 is 0. The summed E-state index contributed by atoms with van der Waals surface area (Å²) in [5, 5.41) is 4.46. The molecule has 1 aliphatic carbocycles. The number of fused-ring (bicyclic) bond motifs is 2. The summed E-state index contributed by atoms with van der Waals surface area (Å²) in [6.07, 6.45) is 8.70. The fourth-order valence-electron chi connectivity index (χ4n) is 4.42. The maximum atomic E-state index is 4.70. The first-order chi connectivity index (χ1) is 12.4. The van der Waals surface area contributed by atoms with E-state index in [9.17, 15) is 0 Å². The largest absolute Gasteiger partial charge is 0.356 e. The van der Waals surface area contributed by atoms with Crippen molar-refractivity contribution in [2.45, 2.75) is 38.5 Å². The molecule has 5 nitrogen and oxygen atoms in total. The van der Waals surface area contributed by atoms with Gasteiger partial charge in [-0.1, -0.05) is 30.3 Å². The van der Waals surface area contributed by atoms with Gasteiger partial charge in [-0.3, -0.25) is 0 Å². The Kier molecular flexibility index (Phi) is 3.65. The van der Waals surface area contributed by atoms with Crippen molar-refractivity contribution in [2.75, 3.05) is 18.0 Å². The third kappa shape index (κ3) is 2.68. The van der Waals surface area contributed by atoms with Crippen LogP contribution in [0.3, 0.4) is 0 Å². The number of aromatic nitrogens is 4. The Bertz CT molecular complexity index is 878. The second-order valence-corrected chi connectivity index (χ2v) is 7.31. The molecular formula is C20H23N5. The first-order valence-corrected chi connectivity index (χ1v) is 9.39. The fourth-order valence-corrected chi connectivity index (χ4v) is 4.42. The van der Waals surface area contributed by atoms with Gasteiger partial charge in [-0.15, -0.1) is 0 Å². The summed E-state index contributed by atoms with van der Waals surface area (Å²) in [5.74, 6) is 2.79. The summed E-state index contributed by atoms with van der Waals surface area (Å²) in [5.41, 5.74) is 4.10. The molecule has 3 aromatic rings. The van der Waals surface area contributed by atoms with E-state index in [-0.39, 0.29) is 0 Å². The zero-order chi connectivity index (χ0) is 16.6. The molecule has 0 unspecified atom stereocenters. The van der Waals surface area contributed by atoms with Crippen molar-refractivity contribution in [3.8, 4) is 0 Å². The topological polar surface area (TPSA) is 46.3 Å². The lowest BCUT2D eigenvalue weighted by atomic mass is 9.90. The van der Waals surface area contributed by atoms with E-state index >= 15 is 0 Å². The molecule has 0 bridgehead atoms. The Labute approximate surface area is 147 Å². The van der Waals surface area contributed by atoms with Gasteiger partial charge in [0, 0.05) is 18.7 Å². The van der Waals surface area contributed by atoms with Crippen LogP contribution in [0, 0.1) is 5.92 Å². The molecule has 5 heteroatoms. The van der Waals surface area contributed by atoms with Gasteiger partial charge in [-0.05, 0) is 50.0 Å². The smallest absolute Gasteiger partial charge is 0.254 e. The van der Waals surface area contributed by atoms with Crippen LogP contribution in [-0.2, 0) is 19.3 Å².